The summed E-state index contributed by atoms with van der Waals surface area (Å²) in [7, 11) is 0. The fraction of sp³-hybridized carbons (Fsp3) is 0.478. The van der Waals surface area contributed by atoms with Gasteiger partial charge in [0, 0.05) is 31.2 Å². The molecule has 284 valence electrons. The van der Waals surface area contributed by atoms with Crippen LogP contribution in [0, 0.1) is 35.2 Å². The number of hydrogen-bond acceptors (Lipinski definition) is 8. The van der Waals surface area contributed by atoms with Gasteiger partial charge in [0.15, 0.2) is 11.5 Å². The average Bonchev–Trinajstić information content (AvgIpc) is 3.93. The minimum absolute atomic E-state index is 0.0382. The number of aryl methyl sites for hydroxylation is 1. The molecule has 2 aliphatic carbocycles. The molecule has 7 atom stereocenters. The van der Waals surface area contributed by atoms with Crippen LogP contribution in [0.15, 0.2) is 65.1 Å². The molecule has 1 saturated carbocycles. The summed E-state index contributed by atoms with van der Waals surface area (Å²) < 4.78 is 13.3. The number of ether oxygens (including phenoxy) is 2. The van der Waals surface area contributed by atoms with E-state index in [9.17, 15) is 15.0 Å². The van der Waals surface area contributed by atoms with Gasteiger partial charge in [-0.05, 0) is 89.6 Å². The molecule has 9 heteroatoms. The highest BCUT2D eigenvalue weighted by Gasteiger charge is 2.52. The number of aliphatic hydroxyl groups is 2. The number of rotatable bonds is 9. The number of nitrogens with two attached hydrogens (primary N) is 1. The standard InChI is InChI=1S/C46H50N4O5/c1-2-3-4-7-30(51)23-31(52)11-8-28-9-17-40-41(22-28)55-45-37(46(20-21-54-40)18-5-6-19-46)15-16-39(53)33-13-14-34-42-29(24-49-44(34)47)10-12-32(43(33)42)35-25-48-38-27-50(45)26-36(35)38/h9,13-14,17,22,24-26,30,32,37,39,44-45,49,51,53H,2-8,10-12,18-19,23,27,47H2,1H3/p+1/t30-,32-,37-,39+,44+,45+/m1/s1. The predicted molar refractivity (Wildman–Crippen MR) is 210 cm³/mol. The van der Waals surface area contributed by atoms with Crippen LogP contribution in [0.25, 0.3) is 5.57 Å². The number of unbranched alkanes of at least 4 members (excludes halogenated alkanes) is 2. The fourth-order valence-electron chi connectivity index (χ4n) is 10.1. The fourth-order valence-corrected chi connectivity index (χ4v) is 10.1. The largest absolute Gasteiger partial charge is 0.437 e. The SMILES string of the molecule is CCCCC[C@@H](O)CC(=O)CCc1ccc2c(c1)O[C@H]1[C@@H](C#C[C@H](O)c3ccc4c5c3[C@H](CCC5=CN[C@@H]4N)C3=CN=C4C[NH+]1C=C34)C1(C#CO2)CCCC1. The number of allylic oxidation sites excluding steroid dienone is 2. The van der Waals surface area contributed by atoms with Crippen LogP contribution in [-0.2, 0) is 11.2 Å². The van der Waals surface area contributed by atoms with Gasteiger partial charge < -0.3 is 30.7 Å². The van der Waals surface area contributed by atoms with Crippen molar-refractivity contribution < 1.29 is 29.4 Å². The van der Waals surface area contributed by atoms with Crippen LogP contribution in [0.4, 0.5) is 0 Å². The summed E-state index contributed by atoms with van der Waals surface area (Å²) in [6.07, 6.45) is 17.4. The number of quaternary nitrogens is 1. The van der Waals surface area contributed by atoms with E-state index in [0.717, 1.165) is 102 Å². The van der Waals surface area contributed by atoms with Crippen LogP contribution in [0.5, 0.6) is 11.5 Å². The van der Waals surface area contributed by atoms with Crippen molar-refractivity contribution in [1.82, 2.24) is 5.32 Å². The summed E-state index contributed by atoms with van der Waals surface area (Å²) in [6, 6.07) is 9.90. The lowest BCUT2D eigenvalue weighted by Gasteiger charge is -2.37. The lowest BCUT2D eigenvalue weighted by Crippen LogP contribution is -3.13. The molecular formula is C46H51N4O5+. The quantitative estimate of drug-likeness (QED) is 0.172. The van der Waals surface area contributed by atoms with E-state index in [1.807, 2.05) is 30.5 Å². The molecular weight excluding hydrogens is 689 g/mol. The Bertz CT molecular complexity index is 2150. The molecule has 0 radical (unpaired) electrons. The van der Waals surface area contributed by atoms with E-state index >= 15 is 0 Å². The Morgan fingerprint density at radius 3 is 2.85 bits per heavy atom. The Labute approximate surface area is 323 Å². The summed E-state index contributed by atoms with van der Waals surface area (Å²) >= 11 is 0. The monoisotopic (exact) mass is 739 g/mol. The lowest BCUT2D eigenvalue weighted by atomic mass is 9.70. The number of carbonyl (C=O) groups is 1. The average molecular weight is 740 g/mol. The molecule has 2 aromatic rings. The third-order valence-electron chi connectivity index (χ3n) is 13.0. The van der Waals surface area contributed by atoms with Crippen molar-refractivity contribution in [2.24, 2.45) is 22.1 Å². The third kappa shape index (κ3) is 6.62. The maximum absolute atomic E-state index is 12.9. The maximum Gasteiger partial charge on any atom is 0.252 e. The first-order valence-electron chi connectivity index (χ1n) is 20.4. The smallest absolute Gasteiger partial charge is 0.252 e. The van der Waals surface area contributed by atoms with Gasteiger partial charge in [-0.1, -0.05) is 75.0 Å². The molecule has 0 amide bonds. The first-order valence-corrected chi connectivity index (χ1v) is 20.4. The normalized spacial score (nSPS) is 27.9. The van der Waals surface area contributed by atoms with E-state index in [1.54, 1.807) is 0 Å². The van der Waals surface area contributed by atoms with Gasteiger partial charge in [0.2, 0.25) is 0 Å². The van der Waals surface area contributed by atoms with Gasteiger partial charge in [-0.15, -0.1) is 0 Å². The number of carbonyl (C=O) groups excluding carboxylic acids is 1. The number of hydrogen-bond donors (Lipinski definition) is 5. The second-order valence-electron chi connectivity index (χ2n) is 16.5. The van der Waals surface area contributed by atoms with Gasteiger partial charge >= 0.3 is 0 Å². The van der Waals surface area contributed by atoms with Gasteiger partial charge in [0.05, 0.1) is 17.1 Å². The zero-order chi connectivity index (χ0) is 37.7. The predicted octanol–water partition coefficient (Wildman–Crippen LogP) is 5.40. The van der Waals surface area contributed by atoms with Crippen molar-refractivity contribution >= 4 is 17.1 Å². The van der Waals surface area contributed by atoms with Gasteiger partial charge in [0.25, 0.3) is 6.23 Å². The summed E-state index contributed by atoms with van der Waals surface area (Å²) in [5, 5.41) is 25.9. The Hall–Kier alpha value is -4.64. The topological polar surface area (TPSA) is 131 Å². The van der Waals surface area contributed by atoms with E-state index in [4.69, 9.17) is 20.2 Å². The van der Waals surface area contributed by atoms with Crippen LogP contribution in [0.3, 0.4) is 0 Å². The number of Topliss-reactive ketones (excluding diaryl/α,β-unsaturated/α-hetero) is 1. The minimum Gasteiger partial charge on any atom is -0.437 e. The molecule has 5 aliphatic heterocycles. The molecule has 2 bridgehead atoms. The van der Waals surface area contributed by atoms with Crippen LogP contribution in [0.1, 0.15) is 130 Å². The van der Waals surface area contributed by atoms with E-state index < -0.39 is 23.9 Å². The number of benzene rings is 2. The molecule has 1 fully saturated rings. The van der Waals surface area contributed by atoms with Crippen molar-refractivity contribution in [2.75, 3.05) is 6.54 Å². The molecule has 9 rings (SSSR count). The van der Waals surface area contributed by atoms with Crippen molar-refractivity contribution in [3.05, 3.63) is 87.9 Å². The minimum atomic E-state index is -1.02. The molecule has 1 spiro atoms. The Morgan fingerprint density at radius 2 is 2.00 bits per heavy atom. The van der Waals surface area contributed by atoms with E-state index in [-0.39, 0.29) is 30.2 Å². The van der Waals surface area contributed by atoms with Crippen molar-refractivity contribution in [3.63, 3.8) is 0 Å². The highest BCUT2D eigenvalue weighted by atomic mass is 16.5. The lowest BCUT2D eigenvalue weighted by molar-refractivity contribution is -0.888. The molecule has 2 aromatic carbocycles. The zero-order valence-electron chi connectivity index (χ0n) is 31.6. The van der Waals surface area contributed by atoms with Gasteiger partial charge in [-0.2, -0.15) is 0 Å². The molecule has 0 aromatic heterocycles. The third-order valence-corrected chi connectivity index (χ3v) is 13.0. The van der Waals surface area contributed by atoms with E-state index in [0.29, 0.717) is 37.3 Å². The number of nitrogens with one attached hydrogen (secondary N) is 2. The van der Waals surface area contributed by atoms with Gasteiger partial charge in [-0.25, -0.2) is 0 Å². The Balaban J connectivity index is 1.10. The molecule has 55 heavy (non-hydrogen) atoms. The number of aliphatic imine (C=N–C) groups is 1. The highest BCUT2D eigenvalue weighted by molar-refractivity contribution is 6.08. The van der Waals surface area contributed by atoms with Crippen molar-refractivity contribution in [2.45, 2.75) is 121 Å². The second kappa shape index (κ2) is 14.8. The molecule has 6 N–H and O–H groups in total. The number of fused-ring (bicyclic) bond motifs is 6. The molecule has 7 aliphatic rings. The number of nitrogens with zero attached hydrogens (tertiary/aromatic N) is 1. The van der Waals surface area contributed by atoms with E-state index in [2.05, 4.69) is 54.6 Å². The first-order chi connectivity index (χ1) is 26.8. The molecule has 9 nitrogen and oxygen atoms in total. The Kier molecular flexibility index (Phi) is 9.68. The van der Waals surface area contributed by atoms with Crippen LogP contribution >= 0.6 is 0 Å². The van der Waals surface area contributed by atoms with Gasteiger partial charge in [-0.3, -0.25) is 14.7 Å². The summed E-state index contributed by atoms with van der Waals surface area (Å²) in [5.41, 5.74) is 15.7. The van der Waals surface area contributed by atoms with Gasteiger partial charge in [0.1, 0.15) is 48.5 Å². The van der Waals surface area contributed by atoms with Crippen molar-refractivity contribution in [1.29, 1.82) is 0 Å². The van der Waals surface area contributed by atoms with Crippen molar-refractivity contribution in [3.8, 4) is 35.4 Å². The molecule has 1 unspecified atom stereocenters. The highest BCUT2D eigenvalue weighted by Crippen LogP contribution is 2.51. The molecule has 0 saturated heterocycles. The zero-order valence-corrected chi connectivity index (χ0v) is 31.6. The number of aliphatic hydroxyl groups excluding tert-OH is 2. The Morgan fingerprint density at radius 1 is 1.15 bits per heavy atom. The van der Waals surface area contributed by atoms with Crippen LogP contribution < -0.4 is 25.4 Å². The van der Waals surface area contributed by atoms with Crippen LogP contribution in [0.2, 0.25) is 0 Å². The van der Waals surface area contributed by atoms with Crippen LogP contribution in [-0.4, -0.2) is 40.6 Å². The molecule has 5 heterocycles. The van der Waals surface area contributed by atoms with E-state index in [1.165, 1.54) is 11.1 Å². The second-order valence-corrected chi connectivity index (χ2v) is 16.5. The first kappa shape index (κ1) is 36.0. The maximum atomic E-state index is 12.9. The summed E-state index contributed by atoms with van der Waals surface area (Å²) in [4.78, 5) is 19.0. The summed E-state index contributed by atoms with van der Waals surface area (Å²) in [5.74, 6) is 11.4. The number of ketones is 1. The summed E-state index contributed by atoms with van der Waals surface area (Å²) in [6.45, 7) is 2.77.